The van der Waals surface area contributed by atoms with E-state index in [0.29, 0.717) is 5.32 Å². The minimum atomic E-state index is -0.977. The van der Waals surface area contributed by atoms with Gasteiger partial charge in [-0.05, 0) is 6.92 Å². The number of nitrogens with one attached hydrogen (secondary N) is 2. The Hall–Kier alpha value is -4.15. The van der Waals surface area contributed by atoms with Crippen molar-refractivity contribution in [1.29, 1.82) is 0 Å². The summed E-state index contributed by atoms with van der Waals surface area (Å²) in [5, 5.41) is 5.80. The van der Waals surface area contributed by atoms with Gasteiger partial charge in [-0.3, -0.25) is 4.79 Å². The molecule has 0 saturated heterocycles. The number of amides is 3. The number of esters is 2. The molecule has 1 unspecified atom stereocenters. The average Bonchev–Trinajstić information content (AvgIpc) is 3.08. The summed E-state index contributed by atoms with van der Waals surface area (Å²) in [6, 6.07) is 8.14. The van der Waals surface area contributed by atoms with Gasteiger partial charge in [0.2, 0.25) is 0 Å². The molecule has 0 heterocycles. The Bertz CT molecular complexity index is 1450. The number of likely N-dealkylation sites (N-methyl/N-ethyl adjacent to an activating group) is 1. The molecule has 0 saturated carbocycles. The van der Waals surface area contributed by atoms with Gasteiger partial charge in [0.25, 0.3) is 0 Å². The van der Waals surface area contributed by atoms with E-state index in [-0.39, 0.29) is 63.7 Å². The summed E-state index contributed by atoms with van der Waals surface area (Å²) < 4.78 is 17.6. The molecule has 0 fully saturated rings. The number of allylic oxidation sites excluding steroid dienone is 3. The van der Waals surface area contributed by atoms with Gasteiger partial charge in [-0.2, -0.15) is 0 Å². The van der Waals surface area contributed by atoms with Crippen LogP contribution >= 0.6 is 0 Å². The molecular weight excluding hydrogens is 741 g/mol. The van der Waals surface area contributed by atoms with E-state index < -0.39 is 48.6 Å². The molecule has 0 aliphatic carbocycles. The summed E-state index contributed by atoms with van der Waals surface area (Å²) in [6.45, 7) is 24.0. The Morgan fingerprint density at radius 1 is 0.925 bits per heavy atom. The van der Waals surface area contributed by atoms with E-state index in [4.69, 9.17) is 14.2 Å². The van der Waals surface area contributed by atoms with Crippen LogP contribution in [0.15, 0.2) is 78.9 Å². The molecule has 1 rings (SSSR count). The number of rotatable bonds is 21. The quantitative estimate of drug-likeness (QED) is 0.0542. The van der Waals surface area contributed by atoms with Gasteiger partial charge in [-0.25, -0.2) is 4.79 Å². The number of carbonyl (C=O) groups is 5. The van der Waals surface area contributed by atoms with Gasteiger partial charge in [-0.15, -0.1) is 0 Å². The molecule has 1 aromatic rings. The van der Waals surface area contributed by atoms with E-state index in [1.165, 1.54) is 35.5 Å². The summed E-state index contributed by atoms with van der Waals surface area (Å²) in [7, 11) is 1.47. The van der Waals surface area contributed by atoms with E-state index in [9.17, 15) is 24.0 Å². The Labute approximate surface area is 323 Å². The van der Waals surface area contributed by atoms with E-state index in [0.717, 1.165) is 11.1 Å². The number of hydrogen-bond acceptors (Lipinski definition) is 8. The Morgan fingerprint density at radius 3 is 2.09 bits per heavy atom. The van der Waals surface area contributed by atoms with Crippen molar-refractivity contribution in [3.8, 4) is 0 Å². The van der Waals surface area contributed by atoms with E-state index in [1.807, 2.05) is 45.0 Å². The monoisotopic (exact) mass is 803 g/mol. The zero-order valence-corrected chi connectivity index (χ0v) is 34.9. The fraction of sp³-hybridized carbons (Fsp3) is 0.537. The van der Waals surface area contributed by atoms with Crippen LogP contribution < -0.4 is 15.1 Å². The number of ether oxygens (including phenoxy) is 3. The van der Waals surface area contributed by atoms with Crippen molar-refractivity contribution in [3.05, 3.63) is 78.9 Å². The van der Waals surface area contributed by atoms with E-state index in [1.54, 1.807) is 13.8 Å². The zero-order chi connectivity index (χ0) is 40.3. The normalized spacial score (nSPS) is 14.8. The summed E-state index contributed by atoms with van der Waals surface area (Å²) in [4.78, 5) is 66.3. The molecule has 5 atom stereocenters. The van der Waals surface area contributed by atoms with Crippen molar-refractivity contribution < 1.29 is 38.2 Å². The topological polar surface area (TPSA) is 140 Å². The maximum absolute atomic E-state index is 13.5. The molecule has 2 N–H and O–H groups in total. The second-order valence-corrected chi connectivity index (χ2v) is 16.9. The first-order chi connectivity index (χ1) is 24.8. The zero-order valence-electron chi connectivity index (χ0n) is 33.2. The first kappa shape index (κ1) is 46.9. The van der Waals surface area contributed by atoms with Crippen LogP contribution in [0.3, 0.4) is 0 Å². The molecule has 0 bridgehead atoms. The van der Waals surface area contributed by atoms with Crippen molar-refractivity contribution in [2.75, 3.05) is 26.8 Å². The van der Waals surface area contributed by atoms with E-state index in [2.05, 4.69) is 62.8 Å². The van der Waals surface area contributed by atoms with E-state index >= 15 is 0 Å². The molecule has 0 aromatic heterocycles. The summed E-state index contributed by atoms with van der Waals surface area (Å²) in [5.74, 6) is -2.91. The fourth-order valence-corrected chi connectivity index (χ4v) is 8.27. The summed E-state index contributed by atoms with van der Waals surface area (Å²) in [6.07, 6.45) is 5.68. The van der Waals surface area contributed by atoms with Crippen LogP contribution in [0.25, 0.3) is 0 Å². The number of benzene rings is 1. The third-order valence-corrected chi connectivity index (χ3v) is 10.7. The molecule has 0 spiro atoms. The van der Waals surface area contributed by atoms with Crippen molar-refractivity contribution in [2.45, 2.75) is 92.2 Å². The van der Waals surface area contributed by atoms with Crippen molar-refractivity contribution >= 4 is 49.3 Å². The summed E-state index contributed by atoms with van der Waals surface area (Å²) >= 11 is 0.0371. The standard InChI is InChI=1S/C41H61N3O8Se/c1-13-20-50-34(45)23-32(26-53-33-18-16-15-17-19-33)30(7)37(29(6)22-28(5)24-41(9,10)11)52-35(46)25-42-38(47)36(27(3)4)44(12)39(48)31(8)43-40(49)51-21-14-2/h13-19,22,24,27,30-32,36-37H,1-2,20-21,23,25-26H2,3-12H3,(H,42,47)(H,43,49)/b28-24+,29-22+/t30-,31-,32?,36-,37+/m0/s1. The first-order valence-electron chi connectivity index (χ1n) is 17.9. The Morgan fingerprint density at radius 2 is 1.53 bits per heavy atom. The van der Waals surface area contributed by atoms with Gasteiger partial charge in [0.1, 0.15) is 12.6 Å². The molecule has 11 nitrogen and oxygen atoms in total. The third-order valence-electron chi connectivity index (χ3n) is 8.15. The average molecular weight is 803 g/mol. The van der Waals surface area contributed by atoms with Crippen LogP contribution in [0.5, 0.6) is 0 Å². The van der Waals surface area contributed by atoms with Gasteiger partial charge >= 0.3 is 272 Å². The molecule has 0 radical (unpaired) electrons. The minimum absolute atomic E-state index is 0.0186. The third kappa shape index (κ3) is 18.0. The summed E-state index contributed by atoms with van der Waals surface area (Å²) in [5.41, 5.74) is 1.71. The maximum atomic E-state index is 13.5. The second-order valence-electron chi connectivity index (χ2n) is 14.6. The molecule has 1 aromatic carbocycles. The van der Waals surface area contributed by atoms with Gasteiger partial charge in [0.05, 0.1) is 0 Å². The molecule has 294 valence electrons. The van der Waals surface area contributed by atoms with Crippen molar-refractivity contribution in [1.82, 2.24) is 15.5 Å². The molecule has 0 aliphatic rings. The van der Waals surface area contributed by atoms with Crippen molar-refractivity contribution in [2.24, 2.45) is 23.2 Å². The fourth-order valence-electron chi connectivity index (χ4n) is 5.80. The van der Waals surface area contributed by atoms with Crippen LogP contribution in [0, 0.1) is 23.2 Å². The van der Waals surface area contributed by atoms with Crippen LogP contribution in [-0.2, 0) is 33.4 Å². The molecule has 53 heavy (non-hydrogen) atoms. The molecular formula is C41H61N3O8Se. The predicted octanol–water partition coefficient (Wildman–Crippen LogP) is 5.56. The molecule has 12 heteroatoms. The molecule has 0 aliphatic heterocycles. The number of hydrogen-bond donors (Lipinski definition) is 2. The van der Waals surface area contributed by atoms with Crippen LogP contribution in [0.1, 0.15) is 68.7 Å². The predicted molar refractivity (Wildman–Crippen MR) is 210 cm³/mol. The van der Waals surface area contributed by atoms with Crippen molar-refractivity contribution in [3.63, 3.8) is 0 Å². The SMILES string of the molecule is C=CCOC(=O)CC(C[Se]c1ccccc1)[C@H](C)[C@H](OC(=O)CNC(=O)[C@H](C(C)C)N(C)C(=O)[C@H](C)NC(=O)OCC=C)/C(C)=C/C(C)=C/C(C)(C)C. The van der Waals surface area contributed by atoms with Gasteiger partial charge in [-0.1, -0.05) is 12.7 Å². The van der Waals surface area contributed by atoms with Gasteiger partial charge in [0, 0.05) is 0 Å². The molecule has 3 amide bonds. The number of carbonyl (C=O) groups excluding carboxylic acids is 5. The van der Waals surface area contributed by atoms with Crippen LogP contribution in [0.2, 0.25) is 5.32 Å². The first-order valence-corrected chi connectivity index (χ1v) is 20.0. The van der Waals surface area contributed by atoms with Crippen LogP contribution in [0.4, 0.5) is 4.79 Å². The van der Waals surface area contributed by atoms with Gasteiger partial charge < -0.3 is 10.1 Å². The van der Waals surface area contributed by atoms with Crippen LogP contribution in [-0.4, -0.2) is 94.7 Å². The Balaban J connectivity index is 3.31. The number of alkyl carbamates (subject to hydrolysis) is 1. The second kappa shape index (κ2) is 23.5. The Kier molecular flexibility index (Phi) is 20.8. The number of nitrogens with zero attached hydrogens (tertiary/aromatic N) is 1. The van der Waals surface area contributed by atoms with Gasteiger partial charge in [0.15, 0.2) is 0 Å².